The molecule has 1 saturated heterocycles. The molecule has 170 valence electrons. The van der Waals surface area contributed by atoms with Crippen molar-refractivity contribution in [3.63, 3.8) is 0 Å². The fourth-order valence-corrected chi connectivity index (χ4v) is 4.41. The van der Waals surface area contributed by atoms with Gasteiger partial charge in [0, 0.05) is 38.0 Å². The monoisotopic (exact) mass is 440 g/mol. The number of benzene rings is 1. The molecule has 1 atom stereocenters. The van der Waals surface area contributed by atoms with Crippen molar-refractivity contribution in [3.8, 4) is 11.5 Å². The van der Waals surface area contributed by atoms with Gasteiger partial charge in [0.05, 0.1) is 32.9 Å². The summed E-state index contributed by atoms with van der Waals surface area (Å²) < 4.78 is 10.6. The lowest BCUT2D eigenvalue weighted by Crippen LogP contribution is -2.38. The summed E-state index contributed by atoms with van der Waals surface area (Å²) in [6.45, 7) is 3.53. The van der Waals surface area contributed by atoms with E-state index in [1.54, 1.807) is 25.2 Å². The minimum atomic E-state index is -0.136. The van der Waals surface area contributed by atoms with E-state index in [4.69, 9.17) is 14.5 Å². The van der Waals surface area contributed by atoms with Crippen molar-refractivity contribution in [3.05, 3.63) is 51.2 Å². The summed E-state index contributed by atoms with van der Waals surface area (Å²) in [4.78, 5) is 48.3. The molecule has 32 heavy (non-hydrogen) atoms. The lowest BCUT2D eigenvalue weighted by atomic mass is 10.0. The van der Waals surface area contributed by atoms with Crippen LogP contribution in [-0.4, -0.2) is 65.4 Å². The van der Waals surface area contributed by atoms with Gasteiger partial charge in [0.25, 0.3) is 5.56 Å². The number of likely N-dealkylation sites (tertiary alicyclic amines) is 1. The van der Waals surface area contributed by atoms with Crippen LogP contribution in [0.3, 0.4) is 0 Å². The van der Waals surface area contributed by atoms with Crippen molar-refractivity contribution >= 4 is 11.8 Å². The Hall–Kier alpha value is -3.36. The molecule has 9 nitrogen and oxygen atoms in total. The van der Waals surface area contributed by atoms with E-state index in [9.17, 15) is 14.4 Å². The maximum absolute atomic E-state index is 12.9. The normalized spacial score (nSPS) is 17.8. The number of carbonyl (C=O) groups is 2. The molecular weight excluding hydrogens is 412 g/mol. The third kappa shape index (κ3) is 4.32. The summed E-state index contributed by atoms with van der Waals surface area (Å²) >= 11 is 0. The topological polar surface area (TPSA) is 105 Å². The number of ether oxygens (including phenoxy) is 2. The van der Waals surface area contributed by atoms with Gasteiger partial charge < -0.3 is 24.3 Å². The highest BCUT2D eigenvalue weighted by Crippen LogP contribution is 2.29. The van der Waals surface area contributed by atoms with Crippen LogP contribution >= 0.6 is 0 Å². The molecule has 9 heteroatoms. The van der Waals surface area contributed by atoms with Crippen molar-refractivity contribution in [1.29, 1.82) is 0 Å². The number of aromatic nitrogens is 2. The lowest BCUT2D eigenvalue weighted by Gasteiger charge is -2.27. The first-order valence-electron chi connectivity index (χ1n) is 10.8. The van der Waals surface area contributed by atoms with E-state index in [1.165, 1.54) is 6.92 Å². The summed E-state index contributed by atoms with van der Waals surface area (Å²) in [5.41, 5.74) is 2.04. The number of fused-ring (bicyclic) bond motifs is 1. The average molecular weight is 441 g/mol. The van der Waals surface area contributed by atoms with Crippen molar-refractivity contribution in [2.45, 2.75) is 38.6 Å². The maximum Gasteiger partial charge on any atom is 0.254 e. The fourth-order valence-electron chi connectivity index (χ4n) is 4.41. The molecule has 0 spiro atoms. The largest absolute Gasteiger partial charge is 0.493 e. The molecule has 0 saturated carbocycles. The van der Waals surface area contributed by atoms with Gasteiger partial charge in [0.1, 0.15) is 5.82 Å². The number of nitrogens with zero attached hydrogens (tertiary/aromatic N) is 3. The van der Waals surface area contributed by atoms with Gasteiger partial charge in [-0.05, 0) is 30.5 Å². The van der Waals surface area contributed by atoms with Gasteiger partial charge in [0.15, 0.2) is 11.5 Å². The van der Waals surface area contributed by atoms with Gasteiger partial charge in [-0.1, -0.05) is 6.07 Å². The van der Waals surface area contributed by atoms with E-state index in [1.807, 2.05) is 17.0 Å². The number of aromatic amines is 1. The molecule has 2 amide bonds. The molecule has 4 rings (SSSR count). The second kappa shape index (κ2) is 9.02. The van der Waals surface area contributed by atoms with Crippen LogP contribution in [-0.2, 0) is 29.0 Å². The zero-order valence-electron chi connectivity index (χ0n) is 18.6. The van der Waals surface area contributed by atoms with E-state index < -0.39 is 0 Å². The Morgan fingerprint density at radius 1 is 1.16 bits per heavy atom. The number of rotatable bonds is 5. The molecule has 2 aliphatic rings. The summed E-state index contributed by atoms with van der Waals surface area (Å²) in [5.74, 6) is 1.77. The first-order chi connectivity index (χ1) is 15.4. The minimum absolute atomic E-state index is 0.0165. The predicted octanol–water partition coefficient (Wildman–Crippen LogP) is 1.25. The maximum atomic E-state index is 12.9. The smallest absolute Gasteiger partial charge is 0.254 e. The van der Waals surface area contributed by atoms with E-state index in [0.29, 0.717) is 61.2 Å². The highest BCUT2D eigenvalue weighted by molar-refractivity contribution is 5.79. The lowest BCUT2D eigenvalue weighted by molar-refractivity contribution is -0.130. The van der Waals surface area contributed by atoms with Crippen LogP contribution in [0.4, 0.5) is 0 Å². The zero-order chi connectivity index (χ0) is 22.8. The van der Waals surface area contributed by atoms with E-state index in [2.05, 4.69) is 4.98 Å². The summed E-state index contributed by atoms with van der Waals surface area (Å²) in [6.07, 6.45) is 1.50. The Morgan fingerprint density at radius 3 is 2.66 bits per heavy atom. The van der Waals surface area contributed by atoms with Crippen molar-refractivity contribution in [2.75, 3.05) is 33.9 Å². The number of hydrogen-bond acceptors (Lipinski definition) is 6. The minimum Gasteiger partial charge on any atom is -0.493 e. The van der Waals surface area contributed by atoms with Gasteiger partial charge in [-0.25, -0.2) is 4.98 Å². The molecular formula is C23H28N4O5. The Bertz CT molecular complexity index is 1100. The van der Waals surface area contributed by atoms with Crippen LogP contribution in [0, 0.1) is 0 Å². The summed E-state index contributed by atoms with van der Waals surface area (Å²) in [5, 5.41) is 0. The van der Waals surface area contributed by atoms with Crippen LogP contribution in [0.2, 0.25) is 0 Å². The number of hydrogen-bond donors (Lipinski definition) is 1. The van der Waals surface area contributed by atoms with Crippen molar-refractivity contribution < 1.29 is 19.1 Å². The summed E-state index contributed by atoms with van der Waals surface area (Å²) in [6, 6.07) is 5.46. The van der Waals surface area contributed by atoms with E-state index >= 15 is 0 Å². The molecule has 1 N–H and O–H groups in total. The first-order valence-corrected chi connectivity index (χ1v) is 10.8. The Labute approximate surface area is 186 Å². The SMILES string of the molecule is COc1ccc(CC(=O)N2CC[C@H](c3nc4c(c(=O)[nH]3)CCN(C(C)=O)C4)C2)cc1OC. The van der Waals surface area contributed by atoms with Crippen LogP contribution in [0.5, 0.6) is 11.5 Å². The highest BCUT2D eigenvalue weighted by Gasteiger charge is 2.31. The summed E-state index contributed by atoms with van der Waals surface area (Å²) in [7, 11) is 3.14. The number of amides is 2. The Balaban J connectivity index is 1.45. The molecule has 0 aliphatic carbocycles. The van der Waals surface area contributed by atoms with E-state index in [-0.39, 0.29) is 29.7 Å². The molecule has 2 aliphatic heterocycles. The molecule has 3 heterocycles. The van der Waals surface area contributed by atoms with Crippen LogP contribution < -0.4 is 15.0 Å². The van der Waals surface area contributed by atoms with Crippen LogP contribution in [0.15, 0.2) is 23.0 Å². The first kappa shape index (κ1) is 21.9. The van der Waals surface area contributed by atoms with Crippen molar-refractivity contribution in [2.24, 2.45) is 0 Å². The second-order valence-electron chi connectivity index (χ2n) is 8.26. The molecule has 0 unspecified atom stereocenters. The standard InChI is InChI=1S/C23H28N4O5/c1-14(28)26-9-7-17-18(13-26)24-22(25-23(17)30)16-6-8-27(12-16)21(29)11-15-4-5-19(31-2)20(10-15)32-3/h4-5,10,16H,6-9,11-13H2,1-3H3,(H,24,25,30)/t16-/m0/s1. The molecule has 0 radical (unpaired) electrons. The average Bonchev–Trinajstić information content (AvgIpc) is 3.29. The number of methoxy groups -OCH3 is 2. The second-order valence-corrected chi connectivity index (χ2v) is 8.26. The van der Waals surface area contributed by atoms with Gasteiger partial charge in [-0.2, -0.15) is 0 Å². The van der Waals surface area contributed by atoms with Gasteiger partial charge in [0.2, 0.25) is 11.8 Å². The van der Waals surface area contributed by atoms with Crippen LogP contribution in [0.25, 0.3) is 0 Å². The van der Waals surface area contributed by atoms with Gasteiger partial charge >= 0.3 is 0 Å². The molecule has 0 bridgehead atoms. The zero-order valence-corrected chi connectivity index (χ0v) is 18.6. The highest BCUT2D eigenvalue weighted by atomic mass is 16.5. The third-order valence-corrected chi connectivity index (χ3v) is 6.27. The predicted molar refractivity (Wildman–Crippen MR) is 117 cm³/mol. The Morgan fingerprint density at radius 2 is 1.94 bits per heavy atom. The van der Waals surface area contributed by atoms with Gasteiger partial charge in [-0.3, -0.25) is 14.4 Å². The molecule has 1 aromatic heterocycles. The number of H-pyrrole nitrogens is 1. The fraction of sp³-hybridized carbons (Fsp3) is 0.478. The van der Waals surface area contributed by atoms with Crippen LogP contribution in [0.1, 0.15) is 41.9 Å². The number of carbonyl (C=O) groups excluding carboxylic acids is 2. The Kier molecular flexibility index (Phi) is 6.16. The molecule has 2 aromatic rings. The van der Waals surface area contributed by atoms with Gasteiger partial charge in [-0.15, -0.1) is 0 Å². The van der Waals surface area contributed by atoms with E-state index in [0.717, 1.165) is 12.0 Å². The quantitative estimate of drug-likeness (QED) is 0.750. The number of nitrogens with one attached hydrogen (secondary N) is 1. The molecule has 1 fully saturated rings. The molecule has 1 aromatic carbocycles. The third-order valence-electron chi connectivity index (χ3n) is 6.27. The van der Waals surface area contributed by atoms with Crippen molar-refractivity contribution in [1.82, 2.24) is 19.8 Å².